The molecule has 3 aliphatic rings. The van der Waals surface area contributed by atoms with Gasteiger partial charge in [-0.2, -0.15) is 10.4 Å². The number of hydrogen-bond acceptors (Lipinski definition) is 8. The van der Waals surface area contributed by atoms with Crippen molar-refractivity contribution in [1.29, 1.82) is 5.26 Å². The third kappa shape index (κ3) is 4.13. The zero-order valence-electron chi connectivity index (χ0n) is 19.3. The molecule has 176 valence electrons. The van der Waals surface area contributed by atoms with Gasteiger partial charge in [-0.1, -0.05) is 6.07 Å². The van der Waals surface area contributed by atoms with Gasteiger partial charge in [0.05, 0.1) is 42.7 Å². The molecule has 2 aliphatic heterocycles. The number of benzene rings is 1. The van der Waals surface area contributed by atoms with Crippen LogP contribution in [0.2, 0.25) is 0 Å². The van der Waals surface area contributed by atoms with Crippen LogP contribution >= 0.6 is 0 Å². The Morgan fingerprint density at radius 2 is 2.18 bits per heavy atom. The SMILES string of the molecule is Cn1cc2cc(-c3cc(C#N)c(N[C@H]4C[C@@H]5CN[C@@H](C[C@H]6COCCO6)[C@H]5C4)nn3)ccc2n1. The Morgan fingerprint density at radius 3 is 3.03 bits per heavy atom. The standard InChI is InChI=1S/C25H29N7O2/c1-32-13-18-6-15(2-3-22(18)31-32)23-8-16(11-26)25(30-29-23)28-19-7-17-12-27-24(21(17)9-19)10-20-14-33-4-5-34-20/h2-3,6,8,13,17,19-21,24,27H,4-5,7,9-10,12,14H2,1H3,(H,28,30)/t17-,19+,20+,21+,24+/m1/s1. The van der Waals surface area contributed by atoms with Gasteiger partial charge in [0.1, 0.15) is 6.07 Å². The Kier molecular flexibility index (Phi) is 5.65. The van der Waals surface area contributed by atoms with Crippen molar-refractivity contribution in [2.45, 2.75) is 37.5 Å². The molecule has 0 radical (unpaired) electrons. The molecule has 6 rings (SSSR count). The fourth-order valence-corrected chi connectivity index (χ4v) is 5.90. The second-order valence-electron chi connectivity index (χ2n) is 9.73. The van der Waals surface area contributed by atoms with Crippen LogP contribution in [0.5, 0.6) is 0 Å². The molecule has 0 amide bonds. The van der Waals surface area contributed by atoms with Crippen LogP contribution in [0, 0.1) is 23.2 Å². The smallest absolute Gasteiger partial charge is 0.166 e. The summed E-state index contributed by atoms with van der Waals surface area (Å²) < 4.78 is 13.2. The number of rotatable bonds is 5. The van der Waals surface area contributed by atoms with Gasteiger partial charge in [0.15, 0.2) is 5.82 Å². The first-order valence-electron chi connectivity index (χ1n) is 12.1. The van der Waals surface area contributed by atoms with Gasteiger partial charge in [0.25, 0.3) is 0 Å². The number of anilines is 1. The van der Waals surface area contributed by atoms with Crippen molar-refractivity contribution in [2.75, 3.05) is 31.7 Å². The third-order valence-electron chi connectivity index (χ3n) is 7.48. The maximum Gasteiger partial charge on any atom is 0.166 e. The third-order valence-corrected chi connectivity index (χ3v) is 7.48. The second kappa shape index (κ2) is 8.95. The minimum Gasteiger partial charge on any atom is -0.376 e. The molecular weight excluding hydrogens is 430 g/mol. The molecule has 0 spiro atoms. The first-order valence-corrected chi connectivity index (χ1v) is 12.1. The number of nitriles is 1. The van der Waals surface area contributed by atoms with Crippen LogP contribution < -0.4 is 10.6 Å². The summed E-state index contributed by atoms with van der Waals surface area (Å²) in [5.74, 6) is 1.81. The lowest BCUT2D eigenvalue weighted by Gasteiger charge is -2.28. The van der Waals surface area contributed by atoms with Gasteiger partial charge in [0.2, 0.25) is 0 Å². The Bertz CT molecular complexity index is 1230. The van der Waals surface area contributed by atoms with Gasteiger partial charge in [-0.25, -0.2) is 0 Å². The zero-order chi connectivity index (χ0) is 23.1. The van der Waals surface area contributed by atoms with Crippen LogP contribution in [0.4, 0.5) is 5.82 Å². The van der Waals surface area contributed by atoms with E-state index >= 15 is 0 Å². The largest absolute Gasteiger partial charge is 0.376 e. The van der Waals surface area contributed by atoms with Crippen LogP contribution in [-0.2, 0) is 16.5 Å². The van der Waals surface area contributed by atoms with Crippen molar-refractivity contribution in [3.05, 3.63) is 36.0 Å². The Balaban J connectivity index is 1.15. The van der Waals surface area contributed by atoms with Crippen molar-refractivity contribution in [3.63, 3.8) is 0 Å². The summed E-state index contributed by atoms with van der Waals surface area (Å²) in [4.78, 5) is 0. The minimum atomic E-state index is 0.187. The molecule has 9 heteroatoms. The molecule has 2 N–H and O–H groups in total. The molecule has 4 heterocycles. The molecule has 1 aromatic carbocycles. The fraction of sp³-hybridized carbons (Fsp3) is 0.520. The van der Waals surface area contributed by atoms with Crippen LogP contribution in [-0.4, -0.2) is 64.5 Å². The average molecular weight is 460 g/mol. The molecule has 34 heavy (non-hydrogen) atoms. The molecule has 3 aromatic rings. The normalized spacial score (nSPS) is 28.6. The molecule has 9 nitrogen and oxygen atoms in total. The van der Waals surface area contributed by atoms with E-state index in [2.05, 4.69) is 32.0 Å². The van der Waals surface area contributed by atoms with E-state index in [9.17, 15) is 5.26 Å². The van der Waals surface area contributed by atoms with E-state index in [-0.39, 0.29) is 6.10 Å². The van der Waals surface area contributed by atoms with Crippen LogP contribution in [0.25, 0.3) is 22.2 Å². The molecule has 1 aliphatic carbocycles. The molecule has 0 bridgehead atoms. The van der Waals surface area contributed by atoms with Crippen molar-refractivity contribution >= 4 is 16.7 Å². The molecule has 5 atom stereocenters. The summed E-state index contributed by atoms with van der Waals surface area (Å²) in [6.45, 7) is 3.12. The van der Waals surface area contributed by atoms with Gasteiger partial charge < -0.3 is 20.1 Å². The number of ether oxygens (including phenoxy) is 2. The number of nitrogens with one attached hydrogen (secondary N) is 2. The zero-order valence-corrected chi connectivity index (χ0v) is 19.3. The predicted octanol–water partition coefficient (Wildman–Crippen LogP) is 2.49. The summed E-state index contributed by atoms with van der Waals surface area (Å²) in [5.41, 5.74) is 3.07. The predicted molar refractivity (Wildman–Crippen MR) is 127 cm³/mol. The van der Waals surface area contributed by atoms with Crippen molar-refractivity contribution < 1.29 is 9.47 Å². The lowest BCUT2D eigenvalue weighted by Crippen LogP contribution is -2.38. The molecule has 2 saturated heterocycles. The Morgan fingerprint density at radius 1 is 1.24 bits per heavy atom. The lowest BCUT2D eigenvalue weighted by atomic mass is 9.91. The highest BCUT2D eigenvalue weighted by molar-refractivity contribution is 5.83. The Hall–Kier alpha value is -3.06. The van der Waals surface area contributed by atoms with Crippen molar-refractivity contribution in [3.8, 4) is 17.3 Å². The van der Waals surface area contributed by atoms with Crippen LogP contribution in [0.3, 0.4) is 0 Å². The monoisotopic (exact) mass is 459 g/mol. The van der Waals surface area contributed by atoms with Gasteiger partial charge in [-0.3, -0.25) is 4.68 Å². The van der Waals surface area contributed by atoms with Crippen LogP contribution in [0.1, 0.15) is 24.8 Å². The second-order valence-corrected chi connectivity index (χ2v) is 9.73. The summed E-state index contributed by atoms with van der Waals surface area (Å²) >= 11 is 0. The quantitative estimate of drug-likeness (QED) is 0.599. The number of fused-ring (bicyclic) bond motifs is 2. The summed E-state index contributed by atoms with van der Waals surface area (Å²) in [6.07, 6.45) is 5.28. The maximum absolute atomic E-state index is 9.82. The molecule has 2 aromatic heterocycles. The van der Waals surface area contributed by atoms with E-state index in [1.807, 2.05) is 37.5 Å². The van der Waals surface area contributed by atoms with E-state index in [4.69, 9.17) is 9.47 Å². The van der Waals surface area contributed by atoms with Gasteiger partial charge in [0, 0.05) is 36.3 Å². The number of hydrogen-bond donors (Lipinski definition) is 2. The summed E-state index contributed by atoms with van der Waals surface area (Å²) in [6, 6.07) is 10.9. The molecular formula is C25H29N7O2. The molecule has 3 fully saturated rings. The molecule has 0 unspecified atom stereocenters. The number of aryl methyl sites for hydroxylation is 1. The first kappa shape index (κ1) is 21.5. The highest BCUT2D eigenvalue weighted by atomic mass is 16.6. The van der Waals surface area contributed by atoms with E-state index in [1.54, 1.807) is 4.68 Å². The van der Waals surface area contributed by atoms with Crippen molar-refractivity contribution in [2.24, 2.45) is 18.9 Å². The highest BCUT2D eigenvalue weighted by Crippen LogP contribution is 2.41. The molecule has 1 saturated carbocycles. The van der Waals surface area contributed by atoms with E-state index in [0.717, 1.165) is 42.3 Å². The minimum absolute atomic E-state index is 0.187. The first-order chi connectivity index (χ1) is 16.7. The maximum atomic E-state index is 9.82. The number of aromatic nitrogens is 4. The average Bonchev–Trinajstić information content (AvgIpc) is 3.53. The van der Waals surface area contributed by atoms with Gasteiger partial charge >= 0.3 is 0 Å². The van der Waals surface area contributed by atoms with Gasteiger partial charge in [-0.15, -0.1) is 10.2 Å². The topological polar surface area (TPSA) is 110 Å². The number of nitrogens with zero attached hydrogens (tertiary/aromatic N) is 5. The van der Waals surface area contributed by atoms with E-state index in [1.165, 1.54) is 0 Å². The summed E-state index contributed by atoms with van der Waals surface area (Å²) in [5, 5.41) is 31.4. The highest BCUT2D eigenvalue weighted by Gasteiger charge is 2.44. The fourth-order valence-electron chi connectivity index (χ4n) is 5.90. The lowest BCUT2D eigenvalue weighted by molar-refractivity contribution is -0.0943. The van der Waals surface area contributed by atoms with E-state index in [0.29, 0.717) is 60.8 Å². The van der Waals surface area contributed by atoms with Gasteiger partial charge in [-0.05, 0) is 55.8 Å². The van der Waals surface area contributed by atoms with E-state index < -0.39 is 0 Å². The Labute approximate surface area is 198 Å². The van der Waals surface area contributed by atoms with Crippen LogP contribution in [0.15, 0.2) is 30.5 Å². The summed E-state index contributed by atoms with van der Waals surface area (Å²) in [7, 11) is 1.90. The van der Waals surface area contributed by atoms with Crippen molar-refractivity contribution in [1.82, 2.24) is 25.3 Å².